The molecule has 0 atom stereocenters. The van der Waals surface area contributed by atoms with E-state index in [4.69, 9.17) is 5.26 Å². The molecule has 2 heterocycles. The number of aromatic nitrogens is 3. The van der Waals surface area contributed by atoms with Crippen LogP contribution < -0.4 is 4.90 Å². The standard InChI is InChI=1S/C15H13N5/c1-20(15-6-12(7-16)18-10-19-15)9-11-8-17-14-5-3-2-4-13(11)14/h2-6,8,10,17H,9H2,1H3. The fraction of sp³-hybridized carbons (Fsp3) is 0.133. The Morgan fingerprint density at radius 1 is 1.30 bits per heavy atom. The Kier molecular flexibility index (Phi) is 3.05. The van der Waals surface area contributed by atoms with Crippen molar-refractivity contribution >= 4 is 16.7 Å². The van der Waals surface area contributed by atoms with Gasteiger partial charge in [0.15, 0.2) is 0 Å². The van der Waals surface area contributed by atoms with Crippen LogP contribution in [0.1, 0.15) is 11.3 Å². The van der Waals surface area contributed by atoms with Crippen molar-refractivity contribution in [3.8, 4) is 6.07 Å². The molecule has 0 radical (unpaired) electrons. The topological polar surface area (TPSA) is 68.6 Å². The lowest BCUT2D eigenvalue weighted by Gasteiger charge is -2.17. The van der Waals surface area contributed by atoms with E-state index in [1.807, 2.05) is 36.3 Å². The van der Waals surface area contributed by atoms with E-state index in [1.165, 1.54) is 17.3 Å². The van der Waals surface area contributed by atoms with Gasteiger partial charge in [-0.25, -0.2) is 9.97 Å². The Bertz CT molecular complexity index is 784. The molecule has 3 aromatic rings. The molecule has 0 saturated heterocycles. The van der Waals surface area contributed by atoms with Gasteiger partial charge in [-0.05, 0) is 11.6 Å². The second-order valence-corrected chi connectivity index (χ2v) is 4.59. The van der Waals surface area contributed by atoms with Crippen molar-refractivity contribution in [2.75, 3.05) is 11.9 Å². The Balaban J connectivity index is 1.88. The highest BCUT2D eigenvalue weighted by Gasteiger charge is 2.08. The molecule has 0 aliphatic rings. The number of para-hydroxylation sites is 1. The van der Waals surface area contributed by atoms with E-state index >= 15 is 0 Å². The van der Waals surface area contributed by atoms with Gasteiger partial charge in [-0.2, -0.15) is 5.26 Å². The van der Waals surface area contributed by atoms with Crippen molar-refractivity contribution in [2.24, 2.45) is 0 Å². The van der Waals surface area contributed by atoms with Crippen LogP contribution in [-0.4, -0.2) is 22.0 Å². The number of benzene rings is 1. The smallest absolute Gasteiger partial charge is 0.145 e. The van der Waals surface area contributed by atoms with E-state index in [0.717, 1.165) is 11.3 Å². The highest BCUT2D eigenvalue weighted by molar-refractivity contribution is 5.83. The van der Waals surface area contributed by atoms with Gasteiger partial charge >= 0.3 is 0 Å². The van der Waals surface area contributed by atoms with Crippen LogP contribution in [0.4, 0.5) is 5.82 Å². The molecule has 0 saturated carbocycles. The van der Waals surface area contributed by atoms with E-state index in [-0.39, 0.29) is 0 Å². The van der Waals surface area contributed by atoms with Gasteiger partial charge in [0.05, 0.1) is 0 Å². The fourth-order valence-corrected chi connectivity index (χ4v) is 2.22. The van der Waals surface area contributed by atoms with Gasteiger partial charge in [-0.1, -0.05) is 18.2 Å². The molecular weight excluding hydrogens is 250 g/mol. The maximum absolute atomic E-state index is 8.88. The van der Waals surface area contributed by atoms with Gasteiger partial charge in [-0.3, -0.25) is 0 Å². The molecule has 5 heteroatoms. The fourth-order valence-electron chi connectivity index (χ4n) is 2.22. The summed E-state index contributed by atoms with van der Waals surface area (Å²) in [7, 11) is 1.95. The number of fused-ring (bicyclic) bond motifs is 1. The maximum Gasteiger partial charge on any atom is 0.145 e. The summed E-state index contributed by atoms with van der Waals surface area (Å²) < 4.78 is 0. The minimum absolute atomic E-state index is 0.376. The van der Waals surface area contributed by atoms with Crippen molar-refractivity contribution in [3.63, 3.8) is 0 Å². The number of rotatable bonds is 3. The average Bonchev–Trinajstić information content (AvgIpc) is 2.90. The highest BCUT2D eigenvalue weighted by Crippen LogP contribution is 2.20. The predicted octanol–water partition coefficient (Wildman–Crippen LogP) is 2.47. The Hall–Kier alpha value is -2.87. The predicted molar refractivity (Wildman–Crippen MR) is 77.2 cm³/mol. The van der Waals surface area contributed by atoms with E-state index in [0.29, 0.717) is 12.2 Å². The molecule has 20 heavy (non-hydrogen) atoms. The second-order valence-electron chi connectivity index (χ2n) is 4.59. The first-order valence-corrected chi connectivity index (χ1v) is 6.26. The van der Waals surface area contributed by atoms with E-state index < -0.39 is 0 Å². The number of aromatic amines is 1. The lowest BCUT2D eigenvalue weighted by atomic mass is 10.1. The van der Waals surface area contributed by atoms with Crippen LogP contribution in [0.15, 0.2) is 42.9 Å². The molecule has 3 rings (SSSR count). The van der Waals surface area contributed by atoms with Gasteiger partial charge in [0.25, 0.3) is 0 Å². The zero-order chi connectivity index (χ0) is 13.9. The molecule has 98 valence electrons. The molecule has 0 aliphatic heterocycles. The monoisotopic (exact) mass is 263 g/mol. The van der Waals surface area contributed by atoms with E-state index in [2.05, 4.69) is 27.1 Å². The third-order valence-electron chi connectivity index (χ3n) is 3.24. The second kappa shape index (κ2) is 5.02. The summed E-state index contributed by atoms with van der Waals surface area (Å²) in [5.41, 5.74) is 2.69. The Morgan fingerprint density at radius 3 is 3.00 bits per heavy atom. The summed E-state index contributed by atoms with van der Waals surface area (Å²) in [6.07, 6.45) is 3.42. The number of nitriles is 1. The molecule has 0 unspecified atom stereocenters. The summed E-state index contributed by atoms with van der Waals surface area (Å²) in [5, 5.41) is 10.1. The number of H-pyrrole nitrogens is 1. The Labute approximate surface area is 116 Å². The minimum atomic E-state index is 0.376. The molecule has 0 bridgehead atoms. The van der Waals surface area contributed by atoms with Crippen molar-refractivity contribution in [1.82, 2.24) is 15.0 Å². The van der Waals surface area contributed by atoms with Gasteiger partial charge in [0.1, 0.15) is 23.9 Å². The molecule has 0 fully saturated rings. The van der Waals surface area contributed by atoms with Gasteiger partial charge < -0.3 is 9.88 Å². The van der Waals surface area contributed by atoms with Crippen LogP contribution in [0.5, 0.6) is 0 Å². The normalized spacial score (nSPS) is 10.4. The average molecular weight is 263 g/mol. The van der Waals surface area contributed by atoms with Crippen LogP contribution in [0.25, 0.3) is 10.9 Å². The maximum atomic E-state index is 8.88. The van der Waals surface area contributed by atoms with Crippen LogP contribution >= 0.6 is 0 Å². The summed E-state index contributed by atoms with van der Waals surface area (Å²) in [4.78, 5) is 13.3. The SMILES string of the molecule is CN(Cc1c[nH]c2ccccc12)c1cc(C#N)ncn1. The van der Waals surface area contributed by atoms with Crippen molar-refractivity contribution < 1.29 is 0 Å². The van der Waals surface area contributed by atoms with Crippen molar-refractivity contribution in [3.05, 3.63) is 54.1 Å². The van der Waals surface area contributed by atoms with Crippen LogP contribution in [0.2, 0.25) is 0 Å². The molecule has 5 nitrogen and oxygen atoms in total. The lowest BCUT2D eigenvalue weighted by Crippen LogP contribution is -2.17. The van der Waals surface area contributed by atoms with Crippen molar-refractivity contribution in [1.29, 1.82) is 5.26 Å². The number of hydrogen-bond donors (Lipinski definition) is 1. The number of hydrogen-bond acceptors (Lipinski definition) is 4. The van der Waals surface area contributed by atoms with Gasteiger partial charge in [0, 0.05) is 36.8 Å². The third-order valence-corrected chi connectivity index (χ3v) is 3.24. The first-order valence-electron chi connectivity index (χ1n) is 6.26. The van der Waals surface area contributed by atoms with Crippen LogP contribution in [0, 0.1) is 11.3 Å². The molecule has 0 amide bonds. The first kappa shape index (κ1) is 12.2. The summed E-state index contributed by atoms with van der Waals surface area (Å²) in [6, 6.07) is 11.9. The zero-order valence-electron chi connectivity index (χ0n) is 11.0. The molecule has 2 aromatic heterocycles. The van der Waals surface area contributed by atoms with Gasteiger partial charge in [0.2, 0.25) is 0 Å². The van der Waals surface area contributed by atoms with Crippen molar-refractivity contribution in [2.45, 2.75) is 6.54 Å². The number of nitrogens with one attached hydrogen (secondary N) is 1. The summed E-state index contributed by atoms with van der Waals surface area (Å²) in [5.74, 6) is 0.738. The molecular formula is C15H13N5. The molecule has 0 spiro atoms. The zero-order valence-corrected chi connectivity index (χ0v) is 11.0. The summed E-state index contributed by atoms with van der Waals surface area (Å²) >= 11 is 0. The molecule has 1 aromatic carbocycles. The molecule has 0 aliphatic carbocycles. The highest BCUT2D eigenvalue weighted by atomic mass is 15.2. The largest absolute Gasteiger partial charge is 0.361 e. The lowest BCUT2D eigenvalue weighted by molar-refractivity contribution is 0.894. The number of nitrogens with zero attached hydrogens (tertiary/aromatic N) is 4. The third kappa shape index (κ3) is 2.19. The quantitative estimate of drug-likeness (QED) is 0.788. The minimum Gasteiger partial charge on any atom is -0.361 e. The number of anilines is 1. The van der Waals surface area contributed by atoms with Gasteiger partial charge in [-0.15, -0.1) is 0 Å². The molecule has 1 N–H and O–H groups in total. The van der Waals surface area contributed by atoms with Crippen LogP contribution in [-0.2, 0) is 6.54 Å². The summed E-state index contributed by atoms with van der Waals surface area (Å²) in [6.45, 7) is 0.714. The Morgan fingerprint density at radius 2 is 2.15 bits per heavy atom. The van der Waals surface area contributed by atoms with E-state index in [1.54, 1.807) is 6.07 Å². The van der Waals surface area contributed by atoms with Crippen LogP contribution in [0.3, 0.4) is 0 Å². The first-order chi connectivity index (χ1) is 9.78. The van der Waals surface area contributed by atoms with E-state index in [9.17, 15) is 0 Å².